The lowest BCUT2D eigenvalue weighted by molar-refractivity contribution is -0.118. The van der Waals surface area contributed by atoms with E-state index in [1.165, 1.54) is 12.8 Å². The molecular formula is C11H23N3OS. The molecule has 5 heteroatoms. The number of thioether (sulfide) groups is 1. The number of carbonyl (C=O) groups excluding carboxylic acids is 1. The van der Waals surface area contributed by atoms with E-state index in [1.807, 2.05) is 0 Å². The molecule has 1 heterocycles. The lowest BCUT2D eigenvalue weighted by Gasteiger charge is -2.21. The second kappa shape index (κ2) is 8.84. The van der Waals surface area contributed by atoms with Crippen molar-refractivity contribution in [2.24, 2.45) is 5.73 Å². The first kappa shape index (κ1) is 13.8. The van der Waals surface area contributed by atoms with Crippen molar-refractivity contribution in [1.29, 1.82) is 0 Å². The second-order valence-electron chi connectivity index (χ2n) is 4.11. The van der Waals surface area contributed by atoms with Crippen LogP contribution in [0.25, 0.3) is 0 Å². The van der Waals surface area contributed by atoms with E-state index in [9.17, 15) is 4.79 Å². The molecule has 94 valence electrons. The topological polar surface area (TPSA) is 67.1 Å². The van der Waals surface area contributed by atoms with Crippen molar-refractivity contribution in [3.05, 3.63) is 0 Å². The van der Waals surface area contributed by atoms with Gasteiger partial charge in [0.1, 0.15) is 0 Å². The number of amides is 1. The highest BCUT2D eigenvalue weighted by molar-refractivity contribution is 8.00. The van der Waals surface area contributed by atoms with Crippen LogP contribution in [-0.2, 0) is 4.79 Å². The molecule has 0 radical (unpaired) electrons. The summed E-state index contributed by atoms with van der Waals surface area (Å²) in [5.41, 5.74) is 5.38. The molecular weight excluding hydrogens is 222 g/mol. The third kappa shape index (κ3) is 6.35. The van der Waals surface area contributed by atoms with Gasteiger partial charge in [-0.1, -0.05) is 0 Å². The Morgan fingerprint density at radius 2 is 2.12 bits per heavy atom. The van der Waals surface area contributed by atoms with Gasteiger partial charge in [0.15, 0.2) is 0 Å². The van der Waals surface area contributed by atoms with E-state index in [2.05, 4.69) is 10.6 Å². The standard InChI is InChI=1S/C11H23N3OS/c12-5-1-2-6-14-11(15)9-16-10-3-7-13-8-4-10/h10,13H,1-9,12H2,(H,14,15). The first-order valence-corrected chi connectivity index (χ1v) is 7.17. The zero-order chi connectivity index (χ0) is 11.6. The van der Waals surface area contributed by atoms with Gasteiger partial charge in [-0.15, -0.1) is 11.8 Å². The van der Waals surface area contributed by atoms with Gasteiger partial charge in [0.25, 0.3) is 0 Å². The Balaban J connectivity index is 1.96. The van der Waals surface area contributed by atoms with Crippen molar-refractivity contribution in [2.75, 3.05) is 31.9 Å². The molecule has 1 amide bonds. The van der Waals surface area contributed by atoms with Crippen LogP contribution >= 0.6 is 11.8 Å². The molecule has 0 saturated carbocycles. The predicted molar refractivity (Wildman–Crippen MR) is 69.6 cm³/mol. The van der Waals surface area contributed by atoms with Crippen molar-refractivity contribution < 1.29 is 4.79 Å². The predicted octanol–water partition coefficient (Wildman–Crippen LogP) is 0.327. The normalized spacial score (nSPS) is 17.3. The van der Waals surface area contributed by atoms with Gasteiger partial charge in [0.2, 0.25) is 5.91 Å². The fraction of sp³-hybridized carbons (Fsp3) is 0.909. The van der Waals surface area contributed by atoms with Gasteiger partial charge in [0, 0.05) is 11.8 Å². The molecule has 4 nitrogen and oxygen atoms in total. The Morgan fingerprint density at radius 3 is 2.81 bits per heavy atom. The molecule has 1 rings (SSSR count). The molecule has 0 aromatic heterocycles. The van der Waals surface area contributed by atoms with Crippen LogP contribution in [0.1, 0.15) is 25.7 Å². The van der Waals surface area contributed by atoms with Crippen molar-refractivity contribution in [2.45, 2.75) is 30.9 Å². The number of hydrogen-bond acceptors (Lipinski definition) is 4. The summed E-state index contributed by atoms with van der Waals surface area (Å²) in [5.74, 6) is 0.772. The summed E-state index contributed by atoms with van der Waals surface area (Å²) in [5, 5.41) is 6.91. The molecule has 0 spiro atoms. The van der Waals surface area contributed by atoms with E-state index in [-0.39, 0.29) is 5.91 Å². The van der Waals surface area contributed by atoms with Crippen LogP contribution in [0.5, 0.6) is 0 Å². The maximum absolute atomic E-state index is 11.5. The zero-order valence-corrected chi connectivity index (χ0v) is 10.7. The van der Waals surface area contributed by atoms with E-state index < -0.39 is 0 Å². The lowest BCUT2D eigenvalue weighted by atomic mass is 10.2. The van der Waals surface area contributed by atoms with Crippen LogP contribution in [-0.4, -0.2) is 43.1 Å². The molecule has 16 heavy (non-hydrogen) atoms. The fourth-order valence-corrected chi connectivity index (χ4v) is 2.76. The molecule has 0 aromatic carbocycles. The fourth-order valence-electron chi connectivity index (χ4n) is 1.70. The summed E-state index contributed by atoms with van der Waals surface area (Å²) in [6, 6.07) is 0. The maximum atomic E-state index is 11.5. The number of unbranched alkanes of at least 4 members (excludes halogenated alkanes) is 1. The average Bonchev–Trinajstić information content (AvgIpc) is 2.33. The summed E-state index contributed by atoms with van der Waals surface area (Å²) in [6.45, 7) is 3.66. The Bertz CT molecular complexity index is 196. The monoisotopic (exact) mass is 245 g/mol. The molecule has 4 N–H and O–H groups in total. The minimum absolute atomic E-state index is 0.167. The van der Waals surface area contributed by atoms with Crippen LogP contribution in [0, 0.1) is 0 Å². The molecule has 0 bridgehead atoms. The molecule has 1 aliphatic rings. The Hall–Kier alpha value is -0.260. The van der Waals surface area contributed by atoms with Crippen LogP contribution in [0.3, 0.4) is 0 Å². The quantitative estimate of drug-likeness (QED) is 0.565. The minimum Gasteiger partial charge on any atom is -0.355 e. The van der Waals surface area contributed by atoms with Gasteiger partial charge in [0.05, 0.1) is 5.75 Å². The van der Waals surface area contributed by atoms with E-state index in [4.69, 9.17) is 5.73 Å². The number of nitrogens with two attached hydrogens (primary N) is 1. The summed E-state index contributed by atoms with van der Waals surface area (Å²) in [4.78, 5) is 11.5. The number of carbonyl (C=O) groups is 1. The van der Waals surface area contributed by atoms with Gasteiger partial charge in [-0.05, 0) is 45.3 Å². The van der Waals surface area contributed by atoms with E-state index in [1.54, 1.807) is 11.8 Å². The first-order chi connectivity index (χ1) is 7.83. The highest BCUT2D eigenvalue weighted by Gasteiger charge is 2.14. The average molecular weight is 245 g/mol. The largest absolute Gasteiger partial charge is 0.355 e. The molecule has 0 aliphatic carbocycles. The van der Waals surface area contributed by atoms with Crippen LogP contribution in [0.15, 0.2) is 0 Å². The lowest BCUT2D eigenvalue weighted by Crippen LogP contribution is -2.31. The Kier molecular flexibility index (Phi) is 7.63. The minimum atomic E-state index is 0.167. The number of piperidine rings is 1. The molecule has 1 fully saturated rings. The van der Waals surface area contributed by atoms with E-state index in [0.717, 1.165) is 32.5 Å². The van der Waals surface area contributed by atoms with E-state index >= 15 is 0 Å². The first-order valence-electron chi connectivity index (χ1n) is 6.12. The van der Waals surface area contributed by atoms with Crippen molar-refractivity contribution in [3.63, 3.8) is 0 Å². The SMILES string of the molecule is NCCCCNC(=O)CSC1CCNCC1. The molecule has 1 saturated heterocycles. The zero-order valence-electron chi connectivity index (χ0n) is 9.84. The van der Waals surface area contributed by atoms with Gasteiger partial charge in [-0.25, -0.2) is 0 Å². The summed E-state index contributed by atoms with van der Waals surface area (Å²) >= 11 is 1.79. The van der Waals surface area contributed by atoms with Crippen LogP contribution in [0.4, 0.5) is 0 Å². The van der Waals surface area contributed by atoms with Gasteiger partial charge in [-0.3, -0.25) is 4.79 Å². The molecule has 0 aromatic rings. The highest BCUT2D eigenvalue weighted by atomic mass is 32.2. The molecule has 1 aliphatic heterocycles. The van der Waals surface area contributed by atoms with E-state index in [0.29, 0.717) is 17.5 Å². The molecule has 0 unspecified atom stereocenters. The van der Waals surface area contributed by atoms with Gasteiger partial charge in [-0.2, -0.15) is 0 Å². The molecule has 0 atom stereocenters. The summed E-state index contributed by atoms with van der Waals surface area (Å²) < 4.78 is 0. The highest BCUT2D eigenvalue weighted by Crippen LogP contribution is 2.19. The second-order valence-corrected chi connectivity index (χ2v) is 5.39. The van der Waals surface area contributed by atoms with Crippen molar-refractivity contribution in [3.8, 4) is 0 Å². The Morgan fingerprint density at radius 1 is 1.38 bits per heavy atom. The van der Waals surface area contributed by atoms with Crippen molar-refractivity contribution >= 4 is 17.7 Å². The van der Waals surface area contributed by atoms with Gasteiger partial charge >= 0.3 is 0 Å². The Labute approximate surface area is 102 Å². The van der Waals surface area contributed by atoms with Crippen molar-refractivity contribution in [1.82, 2.24) is 10.6 Å². The smallest absolute Gasteiger partial charge is 0.230 e. The van der Waals surface area contributed by atoms with Gasteiger partial charge < -0.3 is 16.4 Å². The summed E-state index contributed by atoms with van der Waals surface area (Å²) in [6.07, 6.45) is 4.35. The maximum Gasteiger partial charge on any atom is 0.230 e. The third-order valence-corrected chi connectivity index (χ3v) is 4.06. The van der Waals surface area contributed by atoms with Crippen LogP contribution < -0.4 is 16.4 Å². The summed E-state index contributed by atoms with van der Waals surface area (Å²) in [7, 11) is 0. The van der Waals surface area contributed by atoms with Crippen LogP contribution in [0.2, 0.25) is 0 Å². The number of nitrogens with one attached hydrogen (secondary N) is 2. The number of hydrogen-bond donors (Lipinski definition) is 3. The third-order valence-electron chi connectivity index (χ3n) is 2.69. The number of rotatable bonds is 7.